The van der Waals surface area contributed by atoms with E-state index in [4.69, 9.17) is 4.98 Å². The number of nitrogens with zero attached hydrogens (tertiary/aromatic N) is 3. The molecule has 0 aliphatic heterocycles. The minimum absolute atomic E-state index is 0.0569. The van der Waals surface area contributed by atoms with Gasteiger partial charge in [-0.05, 0) is 29.8 Å². The molecule has 174 valence electrons. The van der Waals surface area contributed by atoms with E-state index < -0.39 is 0 Å². The van der Waals surface area contributed by atoms with Crippen molar-refractivity contribution < 1.29 is 4.79 Å². The van der Waals surface area contributed by atoms with Gasteiger partial charge >= 0.3 is 0 Å². The Morgan fingerprint density at radius 1 is 0.914 bits per heavy atom. The number of carbonyl (C=O) groups excluding carboxylic acids is 1. The maximum absolute atomic E-state index is 13.3. The van der Waals surface area contributed by atoms with Crippen molar-refractivity contribution in [2.45, 2.75) is 23.9 Å². The molecule has 0 radical (unpaired) electrons. The van der Waals surface area contributed by atoms with Crippen molar-refractivity contribution in [2.75, 3.05) is 5.32 Å². The zero-order chi connectivity index (χ0) is 24.0. The summed E-state index contributed by atoms with van der Waals surface area (Å²) in [5.74, 6) is 0.453. The van der Waals surface area contributed by atoms with Crippen LogP contribution in [0.3, 0.4) is 0 Å². The van der Waals surface area contributed by atoms with Gasteiger partial charge in [0.05, 0.1) is 29.6 Å². The largest absolute Gasteiger partial charge is 0.326 e. The van der Waals surface area contributed by atoms with Crippen LogP contribution < -0.4 is 10.9 Å². The summed E-state index contributed by atoms with van der Waals surface area (Å²) >= 11 is 2.94. The summed E-state index contributed by atoms with van der Waals surface area (Å²) in [6.45, 7) is 0.446. The summed E-state index contributed by atoms with van der Waals surface area (Å²) < 4.78 is 1.73. The van der Waals surface area contributed by atoms with Gasteiger partial charge in [0.1, 0.15) is 5.01 Å². The van der Waals surface area contributed by atoms with Gasteiger partial charge in [-0.25, -0.2) is 9.97 Å². The molecule has 5 rings (SSSR count). The zero-order valence-electron chi connectivity index (χ0n) is 18.8. The monoisotopic (exact) mass is 498 g/mol. The van der Waals surface area contributed by atoms with E-state index in [9.17, 15) is 9.59 Å². The van der Waals surface area contributed by atoms with Gasteiger partial charge < -0.3 is 5.32 Å². The normalized spacial score (nSPS) is 11.0. The fraction of sp³-hybridized carbons (Fsp3) is 0.111. The van der Waals surface area contributed by atoms with Gasteiger partial charge in [-0.3, -0.25) is 14.2 Å². The van der Waals surface area contributed by atoms with Gasteiger partial charge in [0, 0.05) is 16.8 Å². The predicted molar refractivity (Wildman–Crippen MR) is 142 cm³/mol. The zero-order valence-corrected chi connectivity index (χ0v) is 20.4. The number of fused-ring (bicyclic) bond motifs is 1. The van der Waals surface area contributed by atoms with Gasteiger partial charge in [-0.15, -0.1) is 11.3 Å². The fourth-order valence-corrected chi connectivity index (χ4v) is 5.45. The number of thioether (sulfide) groups is 1. The average molecular weight is 499 g/mol. The highest BCUT2D eigenvalue weighted by molar-refractivity contribution is 7.98. The molecule has 0 unspecified atom stereocenters. The number of hydrogen-bond acceptors (Lipinski definition) is 6. The molecule has 2 heterocycles. The summed E-state index contributed by atoms with van der Waals surface area (Å²) in [6.07, 6.45) is 0.219. The van der Waals surface area contributed by atoms with Crippen molar-refractivity contribution in [3.63, 3.8) is 0 Å². The molecule has 6 nitrogen and oxygen atoms in total. The lowest BCUT2D eigenvalue weighted by molar-refractivity contribution is -0.115. The first-order valence-electron chi connectivity index (χ1n) is 11.1. The van der Waals surface area contributed by atoms with Crippen LogP contribution in [0.25, 0.3) is 10.9 Å². The first-order chi connectivity index (χ1) is 17.2. The molecule has 1 N–H and O–H groups in total. The van der Waals surface area contributed by atoms with Crippen LogP contribution in [0.5, 0.6) is 0 Å². The molecule has 3 aromatic carbocycles. The van der Waals surface area contributed by atoms with Gasteiger partial charge in [-0.1, -0.05) is 72.4 Å². The molecular formula is C27H22N4O2S2. The standard InChI is InChI=1S/C27H22N4O2S2/c32-24(28-20-11-5-2-6-12-20)15-25-29-21(17-34-25)18-35-27-30-23-14-8-7-13-22(23)26(33)31(27)16-19-9-3-1-4-10-19/h1-14,17H,15-16,18H2,(H,28,32). The first kappa shape index (κ1) is 23.0. The summed E-state index contributed by atoms with van der Waals surface area (Å²) in [5, 5.41) is 6.85. The Morgan fingerprint density at radius 3 is 2.43 bits per heavy atom. The van der Waals surface area contributed by atoms with Crippen LogP contribution in [-0.2, 0) is 23.5 Å². The molecule has 0 saturated carbocycles. The van der Waals surface area contributed by atoms with Gasteiger partial charge in [0.15, 0.2) is 5.16 Å². The van der Waals surface area contributed by atoms with Crippen LogP contribution in [0.2, 0.25) is 0 Å². The number of amides is 1. The number of nitrogens with one attached hydrogen (secondary N) is 1. The smallest absolute Gasteiger partial charge is 0.262 e. The maximum atomic E-state index is 13.3. The third kappa shape index (κ3) is 5.67. The Hall–Kier alpha value is -3.75. The van der Waals surface area contributed by atoms with E-state index in [-0.39, 0.29) is 17.9 Å². The van der Waals surface area contributed by atoms with Crippen LogP contribution >= 0.6 is 23.1 Å². The molecule has 0 aliphatic carbocycles. The van der Waals surface area contributed by atoms with Crippen LogP contribution in [-0.4, -0.2) is 20.4 Å². The van der Waals surface area contributed by atoms with Crippen LogP contribution in [0.4, 0.5) is 5.69 Å². The lowest BCUT2D eigenvalue weighted by atomic mass is 10.2. The quantitative estimate of drug-likeness (QED) is 0.230. The Morgan fingerprint density at radius 2 is 1.63 bits per heavy atom. The first-order valence-corrected chi connectivity index (χ1v) is 13.0. The number of carbonyl (C=O) groups is 1. The summed E-state index contributed by atoms with van der Waals surface area (Å²) in [6, 6.07) is 26.7. The van der Waals surface area contributed by atoms with Crippen molar-refractivity contribution in [2.24, 2.45) is 0 Å². The minimum Gasteiger partial charge on any atom is -0.326 e. The molecule has 2 aromatic heterocycles. The molecule has 0 saturated heterocycles. The van der Waals surface area contributed by atoms with E-state index >= 15 is 0 Å². The molecule has 5 aromatic rings. The molecular weight excluding hydrogens is 476 g/mol. The molecule has 0 bridgehead atoms. The second kappa shape index (κ2) is 10.7. The molecule has 8 heteroatoms. The third-order valence-corrected chi connectivity index (χ3v) is 7.24. The van der Waals surface area contributed by atoms with E-state index in [0.717, 1.165) is 22.0 Å². The van der Waals surface area contributed by atoms with Gasteiger partial charge in [-0.2, -0.15) is 0 Å². The maximum Gasteiger partial charge on any atom is 0.262 e. The molecule has 0 fully saturated rings. The second-order valence-electron chi connectivity index (χ2n) is 7.90. The average Bonchev–Trinajstić information content (AvgIpc) is 3.33. The predicted octanol–water partition coefficient (Wildman–Crippen LogP) is 5.37. The highest BCUT2D eigenvalue weighted by Crippen LogP contribution is 2.24. The molecule has 0 atom stereocenters. The number of rotatable bonds is 8. The number of thiazole rings is 1. The van der Waals surface area contributed by atoms with E-state index in [1.165, 1.54) is 23.1 Å². The number of anilines is 1. The Kier molecular flexibility index (Phi) is 7.02. The Bertz CT molecular complexity index is 1520. The minimum atomic E-state index is -0.0994. The SMILES string of the molecule is O=C(Cc1nc(CSc2nc3ccccc3c(=O)n2Cc2ccccc2)cs1)Nc1ccccc1. The third-order valence-electron chi connectivity index (χ3n) is 5.33. The highest BCUT2D eigenvalue weighted by Gasteiger charge is 2.14. The molecule has 1 amide bonds. The number of aromatic nitrogens is 3. The number of benzene rings is 3. The second-order valence-corrected chi connectivity index (χ2v) is 9.79. The number of para-hydroxylation sites is 2. The molecule has 35 heavy (non-hydrogen) atoms. The lowest BCUT2D eigenvalue weighted by Gasteiger charge is -2.13. The summed E-state index contributed by atoms with van der Waals surface area (Å²) in [5.41, 5.74) is 3.29. The van der Waals surface area contributed by atoms with E-state index in [1.54, 1.807) is 4.57 Å². The number of hydrogen-bond donors (Lipinski definition) is 1. The Balaban J connectivity index is 1.32. The van der Waals surface area contributed by atoms with Crippen molar-refractivity contribution in [3.8, 4) is 0 Å². The molecule has 0 aliphatic rings. The highest BCUT2D eigenvalue weighted by atomic mass is 32.2. The Labute approximate surface area is 210 Å². The topological polar surface area (TPSA) is 76.9 Å². The van der Waals surface area contributed by atoms with Crippen molar-refractivity contribution in [1.82, 2.24) is 14.5 Å². The van der Waals surface area contributed by atoms with Crippen molar-refractivity contribution in [3.05, 3.63) is 117 Å². The van der Waals surface area contributed by atoms with Crippen molar-refractivity contribution >= 4 is 45.6 Å². The fourth-order valence-electron chi connectivity index (χ4n) is 3.66. The molecule has 0 spiro atoms. The van der Waals surface area contributed by atoms with E-state index in [2.05, 4.69) is 10.3 Å². The van der Waals surface area contributed by atoms with E-state index in [0.29, 0.717) is 28.4 Å². The van der Waals surface area contributed by atoms with Crippen LogP contribution in [0, 0.1) is 0 Å². The van der Waals surface area contributed by atoms with Crippen molar-refractivity contribution in [1.29, 1.82) is 0 Å². The van der Waals surface area contributed by atoms with Gasteiger partial charge in [0.2, 0.25) is 5.91 Å². The van der Waals surface area contributed by atoms with E-state index in [1.807, 2.05) is 90.3 Å². The summed E-state index contributed by atoms with van der Waals surface area (Å²) in [7, 11) is 0. The van der Waals surface area contributed by atoms with Gasteiger partial charge in [0.25, 0.3) is 5.56 Å². The summed E-state index contributed by atoms with van der Waals surface area (Å²) in [4.78, 5) is 35.1. The van der Waals surface area contributed by atoms with Crippen LogP contribution in [0.15, 0.2) is 100 Å². The van der Waals surface area contributed by atoms with Crippen LogP contribution in [0.1, 0.15) is 16.3 Å². The lowest BCUT2D eigenvalue weighted by Crippen LogP contribution is -2.24.